The third-order valence-corrected chi connectivity index (χ3v) is 8.74. The Morgan fingerprint density at radius 1 is 0.783 bits per heavy atom. The molecule has 1 heterocycles. The molecule has 1 aliphatic carbocycles. The number of aliphatic hydroxyl groups is 1. The number of nitrogens with zero attached hydrogens (tertiary/aromatic N) is 3. The van der Waals surface area contributed by atoms with Gasteiger partial charge in [0.1, 0.15) is 18.5 Å². The summed E-state index contributed by atoms with van der Waals surface area (Å²) in [5.41, 5.74) is 8.67. The van der Waals surface area contributed by atoms with Gasteiger partial charge < -0.3 is 14.6 Å². The highest BCUT2D eigenvalue weighted by atomic mass is 16.5. The van der Waals surface area contributed by atoms with Crippen LogP contribution in [0.4, 0.5) is 0 Å². The number of aliphatic hydroxyl groups excluding tert-OH is 1. The summed E-state index contributed by atoms with van der Waals surface area (Å²) in [6, 6.07) is 12.3. The maximum Gasteiger partial charge on any atom is 0.164 e. The lowest BCUT2D eigenvalue weighted by molar-refractivity contribution is -0.00622. The summed E-state index contributed by atoms with van der Waals surface area (Å²) < 4.78 is 11.9. The molecule has 2 atom stereocenters. The molecule has 246 valence electrons. The van der Waals surface area contributed by atoms with E-state index in [1.165, 1.54) is 24.0 Å². The zero-order valence-corrected chi connectivity index (χ0v) is 29.2. The van der Waals surface area contributed by atoms with Crippen LogP contribution in [-0.4, -0.2) is 46.0 Å². The lowest BCUT2D eigenvalue weighted by Gasteiger charge is -2.21. The van der Waals surface area contributed by atoms with Crippen LogP contribution < -0.4 is 4.74 Å². The summed E-state index contributed by atoms with van der Waals surface area (Å²) in [6.07, 6.45) is 11.5. The van der Waals surface area contributed by atoms with Crippen LogP contribution in [-0.2, 0) is 4.74 Å². The average Bonchev–Trinajstić information content (AvgIpc) is 3.00. The first-order chi connectivity index (χ1) is 22.0. The smallest absolute Gasteiger partial charge is 0.164 e. The first kappa shape index (κ1) is 35.2. The van der Waals surface area contributed by atoms with Gasteiger partial charge in [-0.2, -0.15) is 0 Å². The monoisotopic (exact) mass is 623 g/mol. The fraction of sp³-hybridized carbons (Fsp3) is 0.475. The molecule has 0 radical (unpaired) electrons. The second-order valence-electron chi connectivity index (χ2n) is 13.2. The molecule has 0 saturated carbocycles. The zero-order valence-electron chi connectivity index (χ0n) is 29.2. The van der Waals surface area contributed by atoms with Gasteiger partial charge in [-0.1, -0.05) is 81.2 Å². The molecule has 0 amide bonds. The molecule has 0 fully saturated rings. The van der Waals surface area contributed by atoms with Crippen LogP contribution in [0.3, 0.4) is 0 Å². The number of aromatic nitrogens is 3. The summed E-state index contributed by atoms with van der Waals surface area (Å²) in [6.45, 7) is 18.3. The normalized spacial score (nSPS) is 16.2. The Balaban J connectivity index is 1.56. The molecule has 46 heavy (non-hydrogen) atoms. The topological polar surface area (TPSA) is 77.4 Å². The minimum Gasteiger partial charge on any atom is -0.491 e. The van der Waals surface area contributed by atoms with Crippen LogP contribution in [0, 0.1) is 32.6 Å². The van der Waals surface area contributed by atoms with Crippen molar-refractivity contribution in [1.82, 2.24) is 15.0 Å². The maximum atomic E-state index is 10.6. The molecular formula is C40H53N3O3. The molecule has 1 aromatic heterocycles. The number of unbranched alkanes of at least 4 members (excludes halogenated alkanes) is 1. The lowest BCUT2D eigenvalue weighted by Crippen LogP contribution is -2.26. The van der Waals surface area contributed by atoms with Crippen molar-refractivity contribution in [3.05, 3.63) is 88.3 Å². The molecule has 6 heteroatoms. The van der Waals surface area contributed by atoms with E-state index in [-0.39, 0.29) is 13.2 Å². The Kier molecular flexibility index (Phi) is 12.9. The predicted molar refractivity (Wildman–Crippen MR) is 190 cm³/mol. The second kappa shape index (κ2) is 16.8. The molecule has 3 aromatic rings. The number of allylic oxidation sites excluding steroid dienone is 6. The van der Waals surface area contributed by atoms with E-state index in [9.17, 15) is 5.11 Å². The molecule has 0 bridgehead atoms. The van der Waals surface area contributed by atoms with Gasteiger partial charge in [-0.25, -0.2) is 15.0 Å². The highest BCUT2D eigenvalue weighted by Gasteiger charge is 2.19. The van der Waals surface area contributed by atoms with E-state index < -0.39 is 6.10 Å². The van der Waals surface area contributed by atoms with E-state index in [0.717, 1.165) is 52.7 Å². The molecule has 2 aromatic carbocycles. The summed E-state index contributed by atoms with van der Waals surface area (Å²) >= 11 is 0. The summed E-state index contributed by atoms with van der Waals surface area (Å²) in [5, 5.41) is 10.6. The lowest BCUT2D eigenvalue weighted by atomic mass is 9.91. The van der Waals surface area contributed by atoms with Crippen LogP contribution >= 0.6 is 0 Å². The molecule has 6 nitrogen and oxygen atoms in total. The van der Waals surface area contributed by atoms with Gasteiger partial charge in [0, 0.05) is 23.3 Å². The third kappa shape index (κ3) is 9.70. The summed E-state index contributed by atoms with van der Waals surface area (Å²) in [5.74, 6) is 3.74. The standard InChI is InChI=1S/C40H53N3O3/c1-9-10-14-32(26(2)3)23-45-24-33(44)25-46-34-17-19-37(31(8)22-34)40-42-38(35-15-12-11-13-27(4)20-29(35)6)41-39(43-40)36-18-16-28(5)21-30(36)7/h13,15-22,26,32-33,44H,9-12,14,23-25H2,1-8H3/b27-13+,29-20?,35-15?. The average molecular weight is 624 g/mol. The Bertz CT molecular complexity index is 1570. The highest BCUT2D eigenvalue weighted by Crippen LogP contribution is 2.31. The van der Waals surface area contributed by atoms with E-state index in [0.29, 0.717) is 41.7 Å². The third-order valence-electron chi connectivity index (χ3n) is 8.74. The summed E-state index contributed by atoms with van der Waals surface area (Å²) in [4.78, 5) is 15.1. The molecule has 0 saturated heterocycles. The Hall–Kier alpha value is -3.61. The number of hydrogen-bond acceptors (Lipinski definition) is 6. The molecule has 0 aliphatic heterocycles. The van der Waals surface area contributed by atoms with Crippen LogP contribution in [0.5, 0.6) is 5.75 Å². The number of ether oxygens (including phenoxy) is 2. The van der Waals surface area contributed by atoms with Gasteiger partial charge in [0.15, 0.2) is 17.5 Å². The summed E-state index contributed by atoms with van der Waals surface area (Å²) in [7, 11) is 0. The quantitative estimate of drug-likeness (QED) is 0.193. The van der Waals surface area contributed by atoms with Crippen LogP contribution in [0.15, 0.2) is 65.8 Å². The van der Waals surface area contributed by atoms with Crippen molar-refractivity contribution in [2.75, 3.05) is 19.8 Å². The van der Waals surface area contributed by atoms with Crippen molar-refractivity contribution in [3.8, 4) is 28.5 Å². The SMILES string of the molecule is CCCCC(COCC(O)COc1ccc(-c2nc(C3=CCC/C=C(\C)C=C3C)nc(-c3ccc(C)cc3C)n2)c(C)c1)C(C)C. The van der Waals surface area contributed by atoms with Crippen molar-refractivity contribution in [2.45, 2.75) is 93.6 Å². The van der Waals surface area contributed by atoms with Gasteiger partial charge in [0.25, 0.3) is 0 Å². The molecule has 0 spiro atoms. The van der Waals surface area contributed by atoms with Crippen molar-refractivity contribution in [1.29, 1.82) is 0 Å². The van der Waals surface area contributed by atoms with E-state index in [2.05, 4.69) is 84.9 Å². The van der Waals surface area contributed by atoms with Gasteiger partial charge in [0.05, 0.1) is 6.61 Å². The van der Waals surface area contributed by atoms with E-state index in [1.807, 2.05) is 25.1 Å². The van der Waals surface area contributed by atoms with Crippen molar-refractivity contribution in [3.63, 3.8) is 0 Å². The largest absolute Gasteiger partial charge is 0.491 e. The molecule has 1 N–H and O–H groups in total. The first-order valence-corrected chi connectivity index (χ1v) is 16.9. The van der Waals surface area contributed by atoms with Crippen molar-refractivity contribution < 1.29 is 14.6 Å². The van der Waals surface area contributed by atoms with E-state index >= 15 is 0 Å². The van der Waals surface area contributed by atoms with Gasteiger partial charge in [-0.15, -0.1) is 0 Å². The fourth-order valence-electron chi connectivity index (χ4n) is 5.90. The van der Waals surface area contributed by atoms with Crippen LogP contribution in [0.1, 0.15) is 89.2 Å². The van der Waals surface area contributed by atoms with Crippen molar-refractivity contribution >= 4 is 5.57 Å². The number of rotatable bonds is 14. The Morgan fingerprint density at radius 2 is 1.43 bits per heavy atom. The molecule has 4 rings (SSSR count). The van der Waals surface area contributed by atoms with Gasteiger partial charge in [-0.3, -0.25) is 0 Å². The van der Waals surface area contributed by atoms with Gasteiger partial charge >= 0.3 is 0 Å². The van der Waals surface area contributed by atoms with Crippen molar-refractivity contribution in [2.24, 2.45) is 11.8 Å². The predicted octanol–water partition coefficient (Wildman–Crippen LogP) is 9.42. The number of aryl methyl sites for hydroxylation is 3. The van der Waals surface area contributed by atoms with Gasteiger partial charge in [-0.05, 0) is 101 Å². The van der Waals surface area contributed by atoms with E-state index in [4.69, 9.17) is 24.4 Å². The van der Waals surface area contributed by atoms with Crippen LogP contribution in [0.2, 0.25) is 0 Å². The molecule has 1 aliphatic rings. The molecular weight excluding hydrogens is 570 g/mol. The number of hydrogen-bond donors (Lipinski definition) is 1. The fourth-order valence-corrected chi connectivity index (χ4v) is 5.90. The first-order valence-electron chi connectivity index (χ1n) is 16.9. The number of benzene rings is 2. The minimum absolute atomic E-state index is 0.167. The van der Waals surface area contributed by atoms with Crippen LogP contribution in [0.25, 0.3) is 28.3 Å². The second-order valence-corrected chi connectivity index (χ2v) is 13.2. The Morgan fingerprint density at radius 3 is 2.09 bits per heavy atom. The molecule has 2 unspecified atom stereocenters. The zero-order chi connectivity index (χ0) is 33.2. The minimum atomic E-state index is -0.697. The maximum absolute atomic E-state index is 10.6. The van der Waals surface area contributed by atoms with Gasteiger partial charge in [0.2, 0.25) is 0 Å². The highest BCUT2D eigenvalue weighted by molar-refractivity contribution is 5.78. The van der Waals surface area contributed by atoms with E-state index in [1.54, 1.807) is 0 Å². The Labute approximate surface area is 276 Å².